The summed E-state index contributed by atoms with van der Waals surface area (Å²) < 4.78 is 27.9. The zero-order valence-electron chi connectivity index (χ0n) is 12.2. The minimum atomic E-state index is -2.96. The van der Waals surface area contributed by atoms with Crippen molar-refractivity contribution in [2.24, 2.45) is 10.9 Å². The molecule has 0 aliphatic carbocycles. The molecule has 0 unspecified atom stereocenters. The van der Waals surface area contributed by atoms with Gasteiger partial charge in [0.1, 0.15) is 5.75 Å². The maximum Gasteiger partial charge on any atom is 0.173 e. The third kappa shape index (κ3) is 5.24. The fourth-order valence-electron chi connectivity index (χ4n) is 1.72. The van der Waals surface area contributed by atoms with Crippen molar-refractivity contribution in [2.45, 2.75) is 13.5 Å². The summed E-state index contributed by atoms with van der Waals surface area (Å²) in [6, 6.07) is 5.27. The van der Waals surface area contributed by atoms with E-state index in [1.54, 1.807) is 19.1 Å². The van der Waals surface area contributed by atoms with Crippen LogP contribution in [-0.2, 0) is 16.4 Å². The number of hydrogen-bond acceptors (Lipinski definition) is 6. The molecule has 0 fully saturated rings. The Morgan fingerprint density at radius 2 is 2.19 bits per heavy atom. The number of oxime groups is 1. The van der Waals surface area contributed by atoms with Gasteiger partial charge in [-0.1, -0.05) is 18.1 Å². The second-order valence-electron chi connectivity index (χ2n) is 4.43. The molecule has 0 radical (unpaired) electrons. The fourth-order valence-corrected chi connectivity index (χ4v) is 2.47. The zero-order chi connectivity index (χ0) is 15.9. The van der Waals surface area contributed by atoms with Gasteiger partial charge in [-0.2, -0.15) is 0 Å². The van der Waals surface area contributed by atoms with Crippen molar-refractivity contribution in [3.8, 4) is 5.75 Å². The summed E-state index contributed by atoms with van der Waals surface area (Å²) in [6.45, 7) is 2.48. The Bertz CT molecular complexity index is 599. The normalized spacial score (nSPS) is 12.4. The molecule has 0 spiro atoms. The third-order valence-corrected chi connectivity index (χ3v) is 4.71. The lowest BCUT2D eigenvalue weighted by molar-refractivity contribution is 0.318. The van der Waals surface area contributed by atoms with Crippen LogP contribution in [0.4, 0.5) is 0 Å². The standard InChI is InChI=1S/C13H21N3O4S/c1-3-21(18,19)7-6-15-9-10-4-5-12(20-2)11(8-10)13(14)16-17/h4-5,8,15,17H,3,6-7,9H2,1-2H3,(H2,14,16). The lowest BCUT2D eigenvalue weighted by Crippen LogP contribution is -2.23. The van der Waals surface area contributed by atoms with E-state index in [0.717, 1.165) is 5.56 Å². The molecular weight excluding hydrogens is 294 g/mol. The largest absolute Gasteiger partial charge is 0.496 e. The van der Waals surface area contributed by atoms with Crippen molar-refractivity contribution in [3.63, 3.8) is 0 Å². The molecule has 21 heavy (non-hydrogen) atoms. The molecule has 0 heterocycles. The van der Waals surface area contributed by atoms with Crippen LogP contribution in [0.5, 0.6) is 5.75 Å². The van der Waals surface area contributed by atoms with Gasteiger partial charge in [-0.3, -0.25) is 0 Å². The fraction of sp³-hybridized carbons (Fsp3) is 0.462. The molecule has 0 bridgehead atoms. The Morgan fingerprint density at radius 1 is 1.48 bits per heavy atom. The molecule has 0 saturated carbocycles. The first-order valence-corrected chi connectivity index (χ1v) is 8.31. The van der Waals surface area contributed by atoms with E-state index in [1.807, 2.05) is 6.07 Å². The predicted octanol–water partition coefficient (Wildman–Crippen LogP) is 0.314. The summed E-state index contributed by atoms with van der Waals surface area (Å²) >= 11 is 0. The highest BCUT2D eigenvalue weighted by Crippen LogP contribution is 2.19. The molecule has 0 atom stereocenters. The lowest BCUT2D eigenvalue weighted by Gasteiger charge is -2.10. The SMILES string of the molecule is CCS(=O)(=O)CCNCc1ccc(OC)c(/C(N)=N/O)c1. The molecule has 0 saturated heterocycles. The summed E-state index contributed by atoms with van der Waals surface area (Å²) in [7, 11) is -1.47. The highest BCUT2D eigenvalue weighted by molar-refractivity contribution is 7.91. The summed E-state index contributed by atoms with van der Waals surface area (Å²) in [6.07, 6.45) is 0. The van der Waals surface area contributed by atoms with Gasteiger partial charge < -0.3 is 21.0 Å². The molecule has 1 aromatic rings. The number of nitrogens with zero attached hydrogens (tertiary/aromatic N) is 1. The summed E-state index contributed by atoms with van der Waals surface area (Å²) in [4.78, 5) is 0. The maximum absolute atomic E-state index is 11.4. The number of hydrogen-bond donors (Lipinski definition) is 3. The summed E-state index contributed by atoms with van der Waals surface area (Å²) in [5.74, 6) is 0.710. The molecule has 8 heteroatoms. The number of amidine groups is 1. The molecule has 7 nitrogen and oxygen atoms in total. The van der Waals surface area contributed by atoms with Gasteiger partial charge in [-0.05, 0) is 17.7 Å². The Labute approximate surface area is 124 Å². The smallest absolute Gasteiger partial charge is 0.173 e. The van der Waals surface area contributed by atoms with Crippen LogP contribution in [0.15, 0.2) is 23.4 Å². The molecule has 4 N–H and O–H groups in total. The number of ether oxygens (including phenoxy) is 1. The van der Waals surface area contributed by atoms with Crippen molar-refractivity contribution in [1.29, 1.82) is 0 Å². The predicted molar refractivity (Wildman–Crippen MR) is 81.5 cm³/mol. The van der Waals surface area contributed by atoms with Crippen LogP contribution in [0.3, 0.4) is 0 Å². The van der Waals surface area contributed by atoms with Crippen molar-refractivity contribution in [3.05, 3.63) is 29.3 Å². The monoisotopic (exact) mass is 315 g/mol. The van der Waals surface area contributed by atoms with E-state index < -0.39 is 9.84 Å². The molecular formula is C13H21N3O4S. The van der Waals surface area contributed by atoms with Crippen molar-refractivity contribution >= 4 is 15.7 Å². The van der Waals surface area contributed by atoms with E-state index in [0.29, 0.717) is 24.4 Å². The van der Waals surface area contributed by atoms with Gasteiger partial charge in [0.15, 0.2) is 15.7 Å². The third-order valence-electron chi connectivity index (χ3n) is 3.01. The topological polar surface area (TPSA) is 114 Å². The van der Waals surface area contributed by atoms with Crippen LogP contribution in [0, 0.1) is 0 Å². The highest BCUT2D eigenvalue weighted by Gasteiger charge is 2.10. The Kier molecular flexibility index (Phi) is 6.44. The minimum absolute atomic E-state index is 0.0396. The van der Waals surface area contributed by atoms with Gasteiger partial charge in [0.2, 0.25) is 0 Å². The average molecular weight is 315 g/mol. The average Bonchev–Trinajstić information content (AvgIpc) is 2.50. The minimum Gasteiger partial charge on any atom is -0.496 e. The van der Waals surface area contributed by atoms with Gasteiger partial charge in [0, 0.05) is 18.8 Å². The Hall–Kier alpha value is -1.80. The van der Waals surface area contributed by atoms with Crippen molar-refractivity contribution in [1.82, 2.24) is 5.32 Å². The molecule has 0 aliphatic rings. The molecule has 0 aromatic heterocycles. The second kappa shape index (κ2) is 7.84. The van der Waals surface area contributed by atoms with E-state index in [4.69, 9.17) is 15.7 Å². The first-order valence-electron chi connectivity index (χ1n) is 6.49. The molecule has 0 amide bonds. The van der Waals surface area contributed by atoms with Gasteiger partial charge >= 0.3 is 0 Å². The number of nitrogens with one attached hydrogen (secondary N) is 1. The number of methoxy groups -OCH3 is 1. The van der Waals surface area contributed by atoms with Crippen LogP contribution in [0.2, 0.25) is 0 Å². The van der Waals surface area contributed by atoms with Crippen LogP contribution in [0.25, 0.3) is 0 Å². The van der Waals surface area contributed by atoms with E-state index in [9.17, 15) is 8.42 Å². The number of rotatable bonds is 8. The van der Waals surface area contributed by atoms with E-state index in [-0.39, 0.29) is 17.3 Å². The Morgan fingerprint density at radius 3 is 2.76 bits per heavy atom. The molecule has 1 rings (SSSR count). The Balaban J connectivity index is 2.69. The van der Waals surface area contributed by atoms with Gasteiger partial charge in [-0.25, -0.2) is 8.42 Å². The van der Waals surface area contributed by atoms with Gasteiger partial charge in [-0.15, -0.1) is 0 Å². The van der Waals surface area contributed by atoms with Crippen molar-refractivity contribution in [2.75, 3.05) is 25.2 Å². The van der Waals surface area contributed by atoms with Crippen LogP contribution < -0.4 is 15.8 Å². The van der Waals surface area contributed by atoms with Gasteiger partial charge in [0.25, 0.3) is 0 Å². The maximum atomic E-state index is 11.4. The van der Waals surface area contributed by atoms with Crippen LogP contribution in [-0.4, -0.2) is 44.6 Å². The molecule has 1 aromatic carbocycles. The van der Waals surface area contributed by atoms with E-state index in [2.05, 4.69) is 10.5 Å². The zero-order valence-corrected chi connectivity index (χ0v) is 13.0. The van der Waals surface area contributed by atoms with Crippen LogP contribution in [0.1, 0.15) is 18.1 Å². The summed E-state index contributed by atoms with van der Waals surface area (Å²) in [5.41, 5.74) is 6.96. The number of nitrogens with two attached hydrogens (primary N) is 1. The van der Waals surface area contributed by atoms with Gasteiger partial charge in [0.05, 0.1) is 18.4 Å². The second-order valence-corrected chi connectivity index (χ2v) is 6.91. The highest BCUT2D eigenvalue weighted by atomic mass is 32.2. The van der Waals surface area contributed by atoms with Crippen molar-refractivity contribution < 1.29 is 18.4 Å². The quantitative estimate of drug-likeness (QED) is 0.209. The van der Waals surface area contributed by atoms with Crippen LogP contribution >= 0.6 is 0 Å². The van der Waals surface area contributed by atoms with E-state index in [1.165, 1.54) is 7.11 Å². The number of sulfone groups is 1. The molecule has 118 valence electrons. The van der Waals surface area contributed by atoms with E-state index >= 15 is 0 Å². The lowest BCUT2D eigenvalue weighted by atomic mass is 10.1. The molecule has 0 aliphatic heterocycles. The first kappa shape index (κ1) is 17.3. The number of benzene rings is 1. The first-order chi connectivity index (χ1) is 9.93. The summed E-state index contributed by atoms with van der Waals surface area (Å²) in [5, 5.41) is 14.8.